The smallest absolute Gasteiger partial charge is 0.169 e. The minimum absolute atomic E-state index is 0.339. The number of aromatic nitrogens is 3. The van der Waals surface area contributed by atoms with Gasteiger partial charge < -0.3 is 10.5 Å². The van der Waals surface area contributed by atoms with E-state index in [1.807, 2.05) is 41.8 Å². The predicted octanol–water partition coefficient (Wildman–Crippen LogP) is 2.00. The first-order valence-electron chi connectivity index (χ1n) is 6.41. The van der Waals surface area contributed by atoms with E-state index >= 15 is 0 Å². The molecule has 0 saturated carbocycles. The number of rotatable bonds is 5. The van der Waals surface area contributed by atoms with Gasteiger partial charge in [-0.15, -0.1) is 10.2 Å². The van der Waals surface area contributed by atoms with Crippen LogP contribution in [0.2, 0.25) is 0 Å². The second-order valence-corrected chi connectivity index (χ2v) is 4.60. The van der Waals surface area contributed by atoms with Gasteiger partial charge in [0.1, 0.15) is 5.60 Å². The zero-order valence-corrected chi connectivity index (χ0v) is 11.6. The fraction of sp³-hybridized carbons (Fsp3) is 0.429. The third kappa shape index (κ3) is 2.39. The van der Waals surface area contributed by atoms with E-state index in [4.69, 9.17) is 10.5 Å². The van der Waals surface area contributed by atoms with Crippen LogP contribution in [0.3, 0.4) is 0 Å². The molecule has 102 valence electrons. The molecule has 1 atom stereocenters. The summed E-state index contributed by atoms with van der Waals surface area (Å²) in [4.78, 5) is 0. The lowest BCUT2D eigenvalue weighted by Gasteiger charge is -2.26. The van der Waals surface area contributed by atoms with Crippen molar-refractivity contribution in [2.24, 2.45) is 5.73 Å². The molecule has 0 spiro atoms. The summed E-state index contributed by atoms with van der Waals surface area (Å²) in [5, 5.41) is 8.47. The molecule has 19 heavy (non-hydrogen) atoms. The molecule has 1 aromatic heterocycles. The predicted molar refractivity (Wildman–Crippen MR) is 73.9 cm³/mol. The number of hydrogen-bond acceptors (Lipinski definition) is 4. The topological polar surface area (TPSA) is 66.0 Å². The Balaban J connectivity index is 2.61. The van der Waals surface area contributed by atoms with Gasteiger partial charge in [0, 0.05) is 12.8 Å². The lowest BCUT2D eigenvalue weighted by Crippen LogP contribution is -2.28. The van der Waals surface area contributed by atoms with Crippen LogP contribution in [0.5, 0.6) is 0 Å². The molecular formula is C14H20N4O. The van der Waals surface area contributed by atoms with Gasteiger partial charge in [0.05, 0.1) is 6.54 Å². The SMILES string of the molecule is CCC(C)(OC)c1nnc(CN)n1-c1ccccc1. The van der Waals surface area contributed by atoms with Crippen LogP contribution in [0.1, 0.15) is 31.9 Å². The van der Waals surface area contributed by atoms with E-state index in [9.17, 15) is 0 Å². The Kier molecular flexibility index (Phi) is 3.97. The Morgan fingerprint density at radius 2 is 1.95 bits per heavy atom. The van der Waals surface area contributed by atoms with Crippen LogP contribution in [0.4, 0.5) is 0 Å². The maximum Gasteiger partial charge on any atom is 0.169 e. The summed E-state index contributed by atoms with van der Waals surface area (Å²) < 4.78 is 7.61. The normalized spacial score (nSPS) is 14.3. The van der Waals surface area contributed by atoms with Crippen LogP contribution in [-0.2, 0) is 16.9 Å². The van der Waals surface area contributed by atoms with Crippen molar-refractivity contribution in [3.8, 4) is 5.69 Å². The van der Waals surface area contributed by atoms with Crippen LogP contribution < -0.4 is 5.73 Å². The number of para-hydroxylation sites is 1. The monoisotopic (exact) mass is 260 g/mol. The van der Waals surface area contributed by atoms with Gasteiger partial charge in [-0.25, -0.2) is 0 Å². The largest absolute Gasteiger partial charge is 0.371 e. The second kappa shape index (κ2) is 5.50. The maximum absolute atomic E-state index is 5.76. The van der Waals surface area contributed by atoms with Crippen LogP contribution in [-0.4, -0.2) is 21.9 Å². The Morgan fingerprint density at radius 3 is 2.47 bits per heavy atom. The first-order chi connectivity index (χ1) is 9.16. The summed E-state index contributed by atoms with van der Waals surface area (Å²) in [6.45, 7) is 4.41. The average Bonchev–Trinajstić information content (AvgIpc) is 2.91. The quantitative estimate of drug-likeness (QED) is 0.893. The van der Waals surface area contributed by atoms with Gasteiger partial charge in [0.2, 0.25) is 0 Å². The van der Waals surface area contributed by atoms with Gasteiger partial charge in [0.25, 0.3) is 0 Å². The van der Waals surface area contributed by atoms with Crippen molar-refractivity contribution < 1.29 is 4.74 Å². The highest BCUT2D eigenvalue weighted by molar-refractivity contribution is 5.35. The van der Waals surface area contributed by atoms with E-state index in [1.165, 1.54) is 0 Å². The third-order valence-corrected chi connectivity index (χ3v) is 3.53. The van der Waals surface area contributed by atoms with Crippen LogP contribution >= 0.6 is 0 Å². The van der Waals surface area contributed by atoms with Crippen molar-refractivity contribution in [1.29, 1.82) is 0 Å². The van der Waals surface area contributed by atoms with Crippen molar-refractivity contribution in [1.82, 2.24) is 14.8 Å². The highest BCUT2D eigenvalue weighted by atomic mass is 16.5. The number of hydrogen-bond donors (Lipinski definition) is 1. The van der Waals surface area contributed by atoms with Gasteiger partial charge in [-0.2, -0.15) is 0 Å². The number of methoxy groups -OCH3 is 1. The molecule has 1 heterocycles. The van der Waals surface area contributed by atoms with Gasteiger partial charge in [-0.05, 0) is 25.5 Å². The molecule has 2 rings (SSSR count). The lowest BCUT2D eigenvalue weighted by molar-refractivity contribution is -0.0105. The molecule has 5 nitrogen and oxygen atoms in total. The minimum Gasteiger partial charge on any atom is -0.371 e. The molecule has 2 aromatic rings. The molecule has 0 bridgehead atoms. The van der Waals surface area contributed by atoms with Crippen molar-refractivity contribution in [2.75, 3.05) is 7.11 Å². The summed E-state index contributed by atoms with van der Waals surface area (Å²) >= 11 is 0. The van der Waals surface area contributed by atoms with Gasteiger partial charge in [-0.1, -0.05) is 25.1 Å². The van der Waals surface area contributed by atoms with Crippen molar-refractivity contribution >= 4 is 0 Å². The molecule has 0 aliphatic rings. The Hall–Kier alpha value is -1.72. The first kappa shape index (κ1) is 13.7. The summed E-state index contributed by atoms with van der Waals surface area (Å²) in [7, 11) is 1.69. The number of nitrogens with two attached hydrogens (primary N) is 1. The van der Waals surface area contributed by atoms with Crippen molar-refractivity contribution in [3.05, 3.63) is 42.0 Å². The van der Waals surface area contributed by atoms with E-state index < -0.39 is 5.60 Å². The fourth-order valence-corrected chi connectivity index (χ4v) is 2.03. The highest BCUT2D eigenvalue weighted by Crippen LogP contribution is 2.29. The number of nitrogens with zero attached hydrogens (tertiary/aromatic N) is 3. The molecular weight excluding hydrogens is 240 g/mol. The Bertz CT molecular complexity index is 532. The fourth-order valence-electron chi connectivity index (χ4n) is 2.03. The minimum atomic E-state index is -0.476. The Morgan fingerprint density at radius 1 is 1.26 bits per heavy atom. The summed E-state index contributed by atoms with van der Waals surface area (Å²) in [6, 6.07) is 9.96. The summed E-state index contributed by atoms with van der Waals surface area (Å²) in [5.41, 5.74) is 6.29. The molecule has 0 aliphatic heterocycles. The van der Waals surface area contributed by atoms with Crippen LogP contribution in [0.25, 0.3) is 5.69 Å². The molecule has 0 fully saturated rings. The average molecular weight is 260 g/mol. The molecule has 1 aromatic carbocycles. The molecule has 5 heteroatoms. The summed E-state index contributed by atoms with van der Waals surface area (Å²) in [5.74, 6) is 1.52. The van der Waals surface area contributed by atoms with Crippen LogP contribution in [0, 0.1) is 0 Å². The zero-order chi connectivity index (χ0) is 13.9. The molecule has 0 amide bonds. The van der Waals surface area contributed by atoms with Crippen molar-refractivity contribution in [2.45, 2.75) is 32.4 Å². The van der Waals surface area contributed by atoms with E-state index in [0.717, 1.165) is 23.8 Å². The summed E-state index contributed by atoms with van der Waals surface area (Å²) in [6.07, 6.45) is 0.805. The van der Waals surface area contributed by atoms with Crippen LogP contribution in [0.15, 0.2) is 30.3 Å². The highest BCUT2D eigenvalue weighted by Gasteiger charge is 2.31. The molecule has 0 saturated heterocycles. The maximum atomic E-state index is 5.76. The zero-order valence-electron chi connectivity index (χ0n) is 11.6. The van der Waals surface area contributed by atoms with E-state index in [-0.39, 0.29) is 0 Å². The van der Waals surface area contributed by atoms with Gasteiger partial charge >= 0.3 is 0 Å². The molecule has 1 unspecified atom stereocenters. The molecule has 0 aliphatic carbocycles. The lowest BCUT2D eigenvalue weighted by atomic mass is 10.0. The van der Waals surface area contributed by atoms with E-state index in [2.05, 4.69) is 17.1 Å². The second-order valence-electron chi connectivity index (χ2n) is 4.60. The third-order valence-electron chi connectivity index (χ3n) is 3.53. The van der Waals surface area contributed by atoms with Gasteiger partial charge in [-0.3, -0.25) is 4.57 Å². The number of ether oxygens (including phenoxy) is 1. The molecule has 0 radical (unpaired) electrons. The van der Waals surface area contributed by atoms with E-state index in [1.54, 1.807) is 7.11 Å². The Labute approximate surface area is 113 Å². The standard InChI is InChI=1S/C14H20N4O/c1-4-14(2,19-3)13-17-16-12(10-15)18(13)11-8-6-5-7-9-11/h5-9H,4,10,15H2,1-3H3. The molecule has 2 N–H and O–H groups in total. The van der Waals surface area contributed by atoms with E-state index in [0.29, 0.717) is 6.54 Å². The van der Waals surface area contributed by atoms with Gasteiger partial charge in [0.15, 0.2) is 11.6 Å². The van der Waals surface area contributed by atoms with Crippen molar-refractivity contribution in [3.63, 3.8) is 0 Å². The number of benzene rings is 1. The first-order valence-corrected chi connectivity index (χ1v) is 6.41.